The molecule has 24 heavy (non-hydrogen) atoms. The molecule has 1 saturated heterocycles. The lowest BCUT2D eigenvalue weighted by atomic mass is 9.96. The van der Waals surface area contributed by atoms with Gasteiger partial charge in [0.15, 0.2) is 0 Å². The summed E-state index contributed by atoms with van der Waals surface area (Å²) in [4.78, 5) is 21.8. The Morgan fingerprint density at radius 1 is 1.29 bits per heavy atom. The topological polar surface area (TPSA) is 66.8 Å². The number of aromatic nitrogens is 4. The lowest BCUT2D eigenvalue weighted by molar-refractivity contribution is 0.0676. The van der Waals surface area contributed by atoms with E-state index in [0.29, 0.717) is 16.6 Å². The maximum Gasteiger partial charge on any atom is 0.271 e. The summed E-state index contributed by atoms with van der Waals surface area (Å²) < 4.78 is 1.86. The van der Waals surface area contributed by atoms with Gasteiger partial charge >= 0.3 is 0 Å². The molecule has 1 amide bonds. The molecule has 4 rings (SSSR count). The third-order valence-corrected chi connectivity index (χ3v) is 5.06. The van der Waals surface area contributed by atoms with Crippen molar-refractivity contribution < 1.29 is 4.79 Å². The number of amides is 1. The highest BCUT2D eigenvalue weighted by Gasteiger charge is 2.26. The molecule has 1 aliphatic heterocycles. The van der Waals surface area contributed by atoms with Crippen LogP contribution in [0.25, 0.3) is 10.9 Å². The zero-order chi connectivity index (χ0) is 16.5. The van der Waals surface area contributed by atoms with Crippen molar-refractivity contribution in [2.24, 2.45) is 5.92 Å². The first-order chi connectivity index (χ1) is 11.7. The Hall–Kier alpha value is -2.34. The third kappa shape index (κ3) is 2.78. The Balaban J connectivity index is 1.45. The van der Waals surface area contributed by atoms with E-state index in [1.807, 2.05) is 33.8 Å². The number of halogens is 1. The van der Waals surface area contributed by atoms with Crippen molar-refractivity contribution in [1.29, 1.82) is 0 Å². The molecular formula is C17H18ClN5O. The van der Waals surface area contributed by atoms with Gasteiger partial charge in [-0.3, -0.25) is 9.48 Å². The molecule has 3 heterocycles. The zero-order valence-electron chi connectivity index (χ0n) is 13.2. The van der Waals surface area contributed by atoms with E-state index < -0.39 is 0 Å². The Morgan fingerprint density at radius 3 is 2.79 bits per heavy atom. The zero-order valence-corrected chi connectivity index (χ0v) is 13.9. The number of likely N-dealkylation sites (tertiary alicyclic amines) is 1. The minimum Gasteiger partial charge on any atom is -0.349 e. The van der Waals surface area contributed by atoms with E-state index in [-0.39, 0.29) is 5.91 Å². The summed E-state index contributed by atoms with van der Waals surface area (Å²) in [6.07, 6.45) is 5.21. The van der Waals surface area contributed by atoms with Gasteiger partial charge in [0, 0.05) is 30.5 Å². The molecule has 0 spiro atoms. The van der Waals surface area contributed by atoms with Gasteiger partial charge in [-0.15, -0.1) is 0 Å². The Morgan fingerprint density at radius 2 is 2.08 bits per heavy atom. The highest BCUT2D eigenvalue weighted by Crippen LogP contribution is 2.29. The van der Waals surface area contributed by atoms with Gasteiger partial charge < -0.3 is 9.88 Å². The highest BCUT2D eigenvalue weighted by molar-refractivity contribution is 6.38. The fourth-order valence-electron chi connectivity index (χ4n) is 3.32. The van der Waals surface area contributed by atoms with Crippen LogP contribution in [-0.2, 0) is 6.54 Å². The predicted molar refractivity (Wildman–Crippen MR) is 92.0 cm³/mol. The normalized spacial score (nSPS) is 16.0. The number of fused-ring (bicyclic) bond motifs is 1. The molecule has 0 unspecified atom stereocenters. The van der Waals surface area contributed by atoms with Crippen molar-refractivity contribution in [1.82, 2.24) is 24.6 Å². The molecular weight excluding hydrogens is 326 g/mol. The molecule has 0 radical (unpaired) electrons. The minimum absolute atomic E-state index is 0.0181. The Labute approximate surface area is 144 Å². The summed E-state index contributed by atoms with van der Waals surface area (Å²) in [5, 5.41) is 5.56. The monoisotopic (exact) mass is 343 g/mol. The molecule has 124 valence electrons. The summed E-state index contributed by atoms with van der Waals surface area (Å²) in [5.41, 5.74) is 1.39. The van der Waals surface area contributed by atoms with Gasteiger partial charge in [0.2, 0.25) is 0 Å². The summed E-state index contributed by atoms with van der Waals surface area (Å²) >= 11 is 6.40. The van der Waals surface area contributed by atoms with Crippen molar-refractivity contribution in [3.8, 4) is 0 Å². The number of aromatic amines is 1. The number of benzene rings is 1. The van der Waals surface area contributed by atoms with Crippen LogP contribution in [0.5, 0.6) is 0 Å². The lowest BCUT2D eigenvalue weighted by Gasteiger charge is -2.31. The van der Waals surface area contributed by atoms with E-state index in [0.717, 1.165) is 43.4 Å². The van der Waals surface area contributed by atoms with Crippen LogP contribution < -0.4 is 0 Å². The number of carbonyl (C=O) groups is 1. The van der Waals surface area contributed by atoms with E-state index >= 15 is 0 Å². The minimum atomic E-state index is -0.0181. The van der Waals surface area contributed by atoms with E-state index in [1.54, 1.807) is 12.7 Å². The van der Waals surface area contributed by atoms with Crippen molar-refractivity contribution >= 4 is 28.4 Å². The Bertz CT molecular complexity index is 849. The molecule has 3 aromatic rings. The van der Waals surface area contributed by atoms with Crippen LogP contribution in [-0.4, -0.2) is 43.6 Å². The molecule has 7 heteroatoms. The first-order valence-corrected chi connectivity index (χ1v) is 8.48. The van der Waals surface area contributed by atoms with Crippen molar-refractivity contribution in [2.75, 3.05) is 13.1 Å². The van der Waals surface area contributed by atoms with Crippen LogP contribution in [0, 0.1) is 5.92 Å². The molecule has 1 fully saturated rings. The average Bonchev–Trinajstić information content (AvgIpc) is 3.23. The molecule has 0 aliphatic carbocycles. The van der Waals surface area contributed by atoms with Crippen molar-refractivity contribution in [3.05, 3.63) is 47.6 Å². The van der Waals surface area contributed by atoms with Gasteiger partial charge in [-0.2, -0.15) is 5.10 Å². The average molecular weight is 344 g/mol. The second kappa shape index (κ2) is 6.28. The van der Waals surface area contributed by atoms with E-state index in [1.165, 1.54) is 0 Å². The molecule has 1 aromatic carbocycles. The van der Waals surface area contributed by atoms with Gasteiger partial charge in [-0.25, -0.2) is 4.98 Å². The third-order valence-electron chi connectivity index (χ3n) is 4.67. The SMILES string of the molecule is O=C(c1[nH]c2ccccc2c1Cl)N1CCC(Cn2cncn2)CC1. The number of nitrogens with one attached hydrogen (secondary N) is 1. The molecule has 1 aliphatic rings. The van der Waals surface area contributed by atoms with Gasteiger partial charge in [-0.05, 0) is 24.8 Å². The number of para-hydroxylation sites is 1. The van der Waals surface area contributed by atoms with Gasteiger partial charge in [0.1, 0.15) is 18.3 Å². The van der Waals surface area contributed by atoms with Crippen LogP contribution in [0.4, 0.5) is 0 Å². The number of hydrogen-bond acceptors (Lipinski definition) is 3. The summed E-state index contributed by atoms with van der Waals surface area (Å²) in [6, 6.07) is 7.71. The summed E-state index contributed by atoms with van der Waals surface area (Å²) in [5.74, 6) is 0.504. The predicted octanol–water partition coefficient (Wildman–Crippen LogP) is 2.97. The first-order valence-electron chi connectivity index (χ1n) is 8.10. The van der Waals surface area contributed by atoms with Gasteiger partial charge in [-0.1, -0.05) is 29.8 Å². The van der Waals surface area contributed by atoms with E-state index in [2.05, 4.69) is 15.1 Å². The fraction of sp³-hybridized carbons (Fsp3) is 0.353. The maximum absolute atomic E-state index is 12.8. The Kier molecular flexibility index (Phi) is 3.98. The van der Waals surface area contributed by atoms with Crippen LogP contribution in [0.1, 0.15) is 23.3 Å². The number of H-pyrrole nitrogens is 1. The second-order valence-electron chi connectivity index (χ2n) is 6.21. The van der Waals surface area contributed by atoms with E-state index in [9.17, 15) is 4.79 Å². The van der Waals surface area contributed by atoms with Crippen LogP contribution in [0.2, 0.25) is 5.02 Å². The van der Waals surface area contributed by atoms with Crippen LogP contribution >= 0.6 is 11.6 Å². The molecule has 0 saturated carbocycles. The molecule has 0 bridgehead atoms. The standard InChI is InChI=1S/C17H18ClN5O/c18-15-13-3-1-2-4-14(13)21-16(15)17(24)22-7-5-12(6-8-22)9-23-11-19-10-20-23/h1-4,10-12,21H,5-9H2. The number of piperidine rings is 1. The van der Waals surface area contributed by atoms with Gasteiger partial charge in [0.05, 0.1) is 5.02 Å². The molecule has 0 atom stereocenters. The quantitative estimate of drug-likeness (QED) is 0.795. The van der Waals surface area contributed by atoms with Crippen LogP contribution in [0.15, 0.2) is 36.9 Å². The van der Waals surface area contributed by atoms with Gasteiger partial charge in [0.25, 0.3) is 5.91 Å². The van der Waals surface area contributed by atoms with Crippen LogP contribution in [0.3, 0.4) is 0 Å². The van der Waals surface area contributed by atoms with Crippen molar-refractivity contribution in [3.63, 3.8) is 0 Å². The second-order valence-corrected chi connectivity index (χ2v) is 6.59. The van der Waals surface area contributed by atoms with E-state index in [4.69, 9.17) is 11.6 Å². The maximum atomic E-state index is 12.8. The number of nitrogens with zero attached hydrogens (tertiary/aromatic N) is 4. The highest BCUT2D eigenvalue weighted by atomic mass is 35.5. The number of carbonyl (C=O) groups excluding carboxylic acids is 1. The molecule has 1 N–H and O–H groups in total. The molecule has 6 nitrogen and oxygen atoms in total. The first kappa shape index (κ1) is 15.2. The fourth-order valence-corrected chi connectivity index (χ4v) is 3.62. The number of hydrogen-bond donors (Lipinski definition) is 1. The lowest BCUT2D eigenvalue weighted by Crippen LogP contribution is -2.39. The summed E-state index contributed by atoms with van der Waals surface area (Å²) in [7, 11) is 0. The molecule has 2 aromatic heterocycles. The smallest absolute Gasteiger partial charge is 0.271 e. The number of rotatable bonds is 3. The largest absolute Gasteiger partial charge is 0.349 e. The summed E-state index contributed by atoms with van der Waals surface area (Å²) in [6.45, 7) is 2.34. The van der Waals surface area contributed by atoms with Crippen molar-refractivity contribution in [2.45, 2.75) is 19.4 Å².